The molecule has 0 aliphatic heterocycles. The Bertz CT molecular complexity index is 402. The van der Waals surface area contributed by atoms with E-state index in [2.05, 4.69) is 6.92 Å². The van der Waals surface area contributed by atoms with Crippen LogP contribution in [0.1, 0.15) is 43.0 Å². The molecule has 0 spiro atoms. The first-order chi connectivity index (χ1) is 8.09. The summed E-state index contributed by atoms with van der Waals surface area (Å²) < 4.78 is 13.6. The number of hydrogen-bond donors (Lipinski definition) is 0. The molecule has 92 valence electrons. The molecule has 0 bridgehead atoms. The van der Waals surface area contributed by atoms with Crippen LogP contribution in [0, 0.1) is 17.7 Å². The Hall–Kier alpha value is -0.890. The van der Waals surface area contributed by atoms with Gasteiger partial charge < -0.3 is 0 Å². The molecule has 0 saturated heterocycles. The molecule has 0 unspecified atom stereocenters. The molecule has 0 radical (unpaired) electrons. The second-order valence-corrected chi connectivity index (χ2v) is 5.32. The van der Waals surface area contributed by atoms with Crippen molar-refractivity contribution in [2.24, 2.45) is 11.8 Å². The van der Waals surface area contributed by atoms with Crippen molar-refractivity contribution in [2.75, 3.05) is 0 Å². The Kier molecular flexibility index (Phi) is 3.82. The molecular formula is C14H16ClFO. The van der Waals surface area contributed by atoms with Gasteiger partial charge in [-0.3, -0.25) is 4.79 Å². The third kappa shape index (κ3) is 2.68. The monoisotopic (exact) mass is 254 g/mol. The minimum absolute atomic E-state index is 0.0550. The van der Waals surface area contributed by atoms with Crippen LogP contribution in [0.5, 0.6) is 0 Å². The molecule has 0 N–H and O–H groups in total. The second kappa shape index (κ2) is 5.18. The maximum absolute atomic E-state index is 13.6. The normalized spacial score (nSPS) is 24.6. The molecule has 1 aromatic carbocycles. The molecule has 1 aliphatic carbocycles. The van der Waals surface area contributed by atoms with Crippen LogP contribution < -0.4 is 0 Å². The van der Waals surface area contributed by atoms with Gasteiger partial charge in [0, 0.05) is 5.92 Å². The third-order valence-electron chi connectivity index (χ3n) is 3.60. The first-order valence-corrected chi connectivity index (χ1v) is 6.45. The lowest BCUT2D eigenvalue weighted by Crippen LogP contribution is -2.22. The van der Waals surface area contributed by atoms with Gasteiger partial charge in [0.2, 0.25) is 0 Å². The Morgan fingerprint density at radius 1 is 1.29 bits per heavy atom. The fraction of sp³-hybridized carbons (Fsp3) is 0.500. The summed E-state index contributed by atoms with van der Waals surface area (Å²) in [5, 5.41) is 0.230. The zero-order valence-electron chi connectivity index (χ0n) is 9.88. The summed E-state index contributed by atoms with van der Waals surface area (Å²) in [5.74, 6) is -0.00290. The number of carbonyl (C=O) groups excluding carboxylic acids is 1. The van der Waals surface area contributed by atoms with Gasteiger partial charge in [0.25, 0.3) is 0 Å². The van der Waals surface area contributed by atoms with Crippen molar-refractivity contribution in [2.45, 2.75) is 32.6 Å². The number of Topliss-reactive ketones (excluding diaryl/α,β-unsaturated/α-hetero) is 1. The second-order valence-electron chi connectivity index (χ2n) is 4.92. The van der Waals surface area contributed by atoms with Crippen LogP contribution in [0.25, 0.3) is 0 Å². The zero-order valence-corrected chi connectivity index (χ0v) is 10.6. The number of rotatable bonds is 2. The standard InChI is InChI=1S/C14H16ClFO/c1-9-5-7-10(8-6-9)14(17)13-11(15)3-2-4-12(13)16/h2-4,9-10H,5-8H2,1H3. The number of ketones is 1. The minimum Gasteiger partial charge on any atom is -0.294 e. The fourth-order valence-corrected chi connectivity index (χ4v) is 2.72. The number of carbonyl (C=O) groups is 1. The van der Waals surface area contributed by atoms with E-state index in [9.17, 15) is 9.18 Å². The largest absolute Gasteiger partial charge is 0.294 e. The molecule has 0 atom stereocenters. The van der Waals surface area contributed by atoms with Crippen molar-refractivity contribution in [3.05, 3.63) is 34.6 Å². The quantitative estimate of drug-likeness (QED) is 0.711. The molecule has 1 aliphatic rings. The van der Waals surface area contributed by atoms with E-state index < -0.39 is 5.82 Å². The summed E-state index contributed by atoms with van der Waals surface area (Å²) in [7, 11) is 0. The molecule has 0 aromatic heterocycles. The zero-order chi connectivity index (χ0) is 12.4. The Morgan fingerprint density at radius 2 is 1.94 bits per heavy atom. The predicted octanol–water partition coefficient (Wildman–Crippen LogP) is 4.49. The van der Waals surface area contributed by atoms with Gasteiger partial charge in [0.15, 0.2) is 5.78 Å². The number of halogens is 2. The van der Waals surface area contributed by atoms with E-state index in [4.69, 9.17) is 11.6 Å². The van der Waals surface area contributed by atoms with Gasteiger partial charge in [0.05, 0.1) is 10.6 Å². The molecule has 1 fully saturated rings. The summed E-state index contributed by atoms with van der Waals surface area (Å²) in [5.41, 5.74) is 0.0775. The molecule has 0 amide bonds. The van der Waals surface area contributed by atoms with E-state index in [1.807, 2.05) is 0 Å². The topological polar surface area (TPSA) is 17.1 Å². The Balaban J connectivity index is 2.20. The van der Waals surface area contributed by atoms with E-state index in [1.54, 1.807) is 6.07 Å². The van der Waals surface area contributed by atoms with Crippen LogP contribution >= 0.6 is 11.6 Å². The highest BCUT2D eigenvalue weighted by atomic mass is 35.5. The predicted molar refractivity (Wildman–Crippen MR) is 66.9 cm³/mol. The van der Waals surface area contributed by atoms with Gasteiger partial charge in [-0.25, -0.2) is 4.39 Å². The van der Waals surface area contributed by atoms with E-state index in [-0.39, 0.29) is 22.3 Å². The third-order valence-corrected chi connectivity index (χ3v) is 3.91. The molecule has 3 heteroatoms. The van der Waals surface area contributed by atoms with Crippen molar-refractivity contribution in [1.82, 2.24) is 0 Å². The van der Waals surface area contributed by atoms with Crippen LogP contribution in [0.2, 0.25) is 5.02 Å². The first-order valence-electron chi connectivity index (χ1n) is 6.08. The maximum Gasteiger partial charge on any atom is 0.170 e. The maximum atomic E-state index is 13.6. The van der Waals surface area contributed by atoms with E-state index in [0.717, 1.165) is 25.7 Å². The fourth-order valence-electron chi connectivity index (χ4n) is 2.46. The molecule has 1 aromatic rings. The smallest absolute Gasteiger partial charge is 0.170 e. The van der Waals surface area contributed by atoms with E-state index in [0.29, 0.717) is 5.92 Å². The molecule has 1 saturated carbocycles. The van der Waals surface area contributed by atoms with Gasteiger partial charge in [-0.15, -0.1) is 0 Å². The van der Waals surface area contributed by atoms with E-state index in [1.165, 1.54) is 12.1 Å². The van der Waals surface area contributed by atoms with Gasteiger partial charge in [-0.2, -0.15) is 0 Å². The summed E-state index contributed by atoms with van der Waals surface area (Å²) in [6.07, 6.45) is 3.79. The van der Waals surface area contributed by atoms with E-state index >= 15 is 0 Å². The van der Waals surface area contributed by atoms with Crippen molar-refractivity contribution in [1.29, 1.82) is 0 Å². The highest BCUT2D eigenvalue weighted by Crippen LogP contribution is 2.32. The van der Waals surface area contributed by atoms with Crippen molar-refractivity contribution in [3.63, 3.8) is 0 Å². The highest BCUT2D eigenvalue weighted by Gasteiger charge is 2.28. The SMILES string of the molecule is CC1CCC(C(=O)c2c(F)cccc2Cl)CC1. The summed E-state index contributed by atoms with van der Waals surface area (Å²) >= 11 is 5.91. The molecule has 17 heavy (non-hydrogen) atoms. The van der Waals surface area contributed by atoms with Gasteiger partial charge in [-0.05, 0) is 30.9 Å². The van der Waals surface area contributed by atoms with Gasteiger partial charge >= 0.3 is 0 Å². The Morgan fingerprint density at radius 3 is 2.53 bits per heavy atom. The summed E-state index contributed by atoms with van der Waals surface area (Å²) in [6, 6.07) is 4.39. The van der Waals surface area contributed by atoms with Crippen molar-refractivity contribution < 1.29 is 9.18 Å². The van der Waals surface area contributed by atoms with Crippen LogP contribution in [0.4, 0.5) is 4.39 Å². The van der Waals surface area contributed by atoms with Crippen LogP contribution in [0.3, 0.4) is 0 Å². The van der Waals surface area contributed by atoms with Crippen LogP contribution in [-0.4, -0.2) is 5.78 Å². The van der Waals surface area contributed by atoms with Crippen molar-refractivity contribution >= 4 is 17.4 Å². The molecular weight excluding hydrogens is 239 g/mol. The molecule has 1 nitrogen and oxygen atoms in total. The molecule has 2 rings (SSSR count). The average molecular weight is 255 g/mol. The molecule has 0 heterocycles. The Labute approximate surface area is 106 Å². The van der Waals surface area contributed by atoms with Gasteiger partial charge in [0.1, 0.15) is 5.82 Å². The lowest BCUT2D eigenvalue weighted by Gasteiger charge is -2.25. The minimum atomic E-state index is -0.499. The van der Waals surface area contributed by atoms with Crippen molar-refractivity contribution in [3.8, 4) is 0 Å². The lowest BCUT2D eigenvalue weighted by molar-refractivity contribution is 0.0871. The number of benzene rings is 1. The van der Waals surface area contributed by atoms with Crippen LogP contribution in [0.15, 0.2) is 18.2 Å². The summed E-state index contributed by atoms with van der Waals surface area (Å²) in [6.45, 7) is 2.19. The highest BCUT2D eigenvalue weighted by molar-refractivity contribution is 6.34. The first kappa shape index (κ1) is 12.6. The van der Waals surface area contributed by atoms with Crippen LogP contribution in [-0.2, 0) is 0 Å². The van der Waals surface area contributed by atoms with Gasteiger partial charge in [-0.1, -0.05) is 37.4 Å². The lowest BCUT2D eigenvalue weighted by atomic mass is 9.79. The summed E-state index contributed by atoms with van der Waals surface area (Å²) in [4.78, 5) is 12.2. The number of hydrogen-bond acceptors (Lipinski definition) is 1. The average Bonchev–Trinajstić information content (AvgIpc) is 2.29.